The van der Waals surface area contributed by atoms with Crippen LogP contribution in [0.25, 0.3) is 0 Å². The van der Waals surface area contributed by atoms with Gasteiger partial charge in [0, 0.05) is 0 Å². The van der Waals surface area contributed by atoms with Crippen molar-refractivity contribution in [1.82, 2.24) is 0 Å². The zero-order valence-electron chi connectivity index (χ0n) is 8.47. The molecule has 1 unspecified atom stereocenters. The molecule has 1 atom stereocenters. The zero-order chi connectivity index (χ0) is 11.2. The van der Waals surface area contributed by atoms with Crippen LogP contribution in [0.1, 0.15) is 33.1 Å². The van der Waals surface area contributed by atoms with Gasteiger partial charge < -0.3 is 14.5 Å². The lowest BCUT2D eigenvalue weighted by Gasteiger charge is -2.16. The molecule has 0 radical (unpaired) electrons. The van der Waals surface area contributed by atoms with Crippen LogP contribution in [0.3, 0.4) is 0 Å². The van der Waals surface area contributed by atoms with Crippen LogP contribution in [-0.4, -0.2) is 28.0 Å². The molecule has 0 aromatic heterocycles. The van der Waals surface area contributed by atoms with Crippen molar-refractivity contribution >= 4 is 13.6 Å². The summed E-state index contributed by atoms with van der Waals surface area (Å²) in [6.07, 6.45) is 0.768. The number of esters is 1. The Morgan fingerprint density at radius 1 is 1.43 bits per heavy atom. The van der Waals surface area contributed by atoms with E-state index in [9.17, 15) is 9.36 Å². The smallest absolute Gasteiger partial charge is 0.329 e. The SMILES string of the molecule is CCCC(CC(=O)OCC)P(=O)(O)O. The molecule has 5 nitrogen and oxygen atoms in total. The van der Waals surface area contributed by atoms with E-state index in [1.165, 1.54) is 0 Å². The van der Waals surface area contributed by atoms with E-state index in [1.54, 1.807) is 6.92 Å². The van der Waals surface area contributed by atoms with Crippen LogP contribution in [0.15, 0.2) is 0 Å². The average Bonchev–Trinajstić information content (AvgIpc) is 2.02. The van der Waals surface area contributed by atoms with Crippen molar-refractivity contribution in [1.29, 1.82) is 0 Å². The molecule has 0 aromatic rings. The minimum Gasteiger partial charge on any atom is -0.466 e. The molecule has 0 aliphatic heterocycles. The summed E-state index contributed by atoms with van der Waals surface area (Å²) >= 11 is 0. The first-order chi connectivity index (χ1) is 6.41. The fourth-order valence-electron chi connectivity index (χ4n) is 1.13. The molecular formula is C8H17O5P. The summed E-state index contributed by atoms with van der Waals surface area (Å²) in [6, 6.07) is 0. The van der Waals surface area contributed by atoms with Crippen LogP contribution in [-0.2, 0) is 14.1 Å². The number of ether oxygens (including phenoxy) is 1. The summed E-state index contributed by atoms with van der Waals surface area (Å²) in [7, 11) is -4.17. The van der Waals surface area contributed by atoms with Gasteiger partial charge in [0.2, 0.25) is 0 Å². The van der Waals surface area contributed by atoms with Crippen molar-refractivity contribution in [3.05, 3.63) is 0 Å². The Balaban J connectivity index is 4.24. The minimum absolute atomic E-state index is 0.202. The molecule has 0 aliphatic carbocycles. The maximum atomic E-state index is 11.0. The van der Waals surface area contributed by atoms with Crippen molar-refractivity contribution in [3.63, 3.8) is 0 Å². The van der Waals surface area contributed by atoms with Gasteiger partial charge in [-0.3, -0.25) is 9.36 Å². The quantitative estimate of drug-likeness (QED) is 0.524. The molecule has 2 N–H and O–H groups in total. The summed E-state index contributed by atoms with van der Waals surface area (Å²) in [6.45, 7) is 3.71. The predicted molar refractivity (Wildman–Crippen MR) is 52.0 cm³/mol. The van der Waals surface area contributed by atoms with Crippen LogP contribution in [0, 0.1) is 0 Å². The standard InChI is InChI=1S/C8H17O5P/c1-3-5-7(14(10,11)12)6-8(9)13-4-2/h7H,3-6H2,1-2H3,(H2,10,11,12). The molecule has 0 saturated heterocycles. The third-order valence-corrected chi connectivity index (χ3v) is 3.20. The van der Waals surface area contributed by atoms with Crippen molar-refractivity contribution in [3.8, 4) is 0 Å². The summed E-state index contributed by atoms with van der Waals surface area (Å²) in [5.41, 5.74) is -0.897. The third kappa shape index (κ3) is 5.37. The van der Waals surface area contributed by atoms with Crippen LogP contribution >= 0.6 is 7.60 Å². The highest BCUT2D eigenvalue weighted by Crippen LogP contribution is 2.45. The molecule has 0 spiro atoms. The first-order valence-electron chi connectivity index (χ1n) is 4.62. The van der Waals surface area contributed by atoms with Gasteiger partial charge in [-0.2, -0.15) is 0 Å². The molecule has 0 bridgehead atoms. The monoisotopic (exact) mass is 224 g/mol. The van der Waals surface area contributed by atoms with Crippen molar-refractivity contribution in [2.24, 2.45) is 0 Å². The molecule has 6 heteroatoms. The first kappa shape index (κ1) is 13.6. The second-order valence-electron chi connectivity index (χ2n) is 3.04. The Morgan fingerprint density at radius 2 is 2.00 bits per heavy atom. The largest absolute Gasteiger partial charge is 0.466 e. The molecule has 0 aromatic carbocycles. The maximum Gasteiger partial charge on any atom is 0.329 e. The number of hydrogen-bond acceptors (Lipinski definition) is 3. The third-order valence-electron chi connectivity index (χ3n) is 1.81. The van der Waals surface area contributed by atoms with Crippen molar-refractivity contribution in [2.45, 2.75) is 38.8 Å². The summed E-state index contributed by atoms with van der Waals surface area (Å²) in [5, 5.41) is 0. The van der Waals surface area contributed by atoms with Crippen LogP contribution in [0.5, 0.6) is 0 Å². The molecule has 84 valence electrons. The van der Waals surface area contributed by atoms with Gasteiger partial charge >= 0.3 is 13.6 Å². The van der Waals surface area contributed by atoms with Gasteiger partial charge in [0.25, 0.3) is 0 Å². The highest BCUT2D eigenvalue weighted by Gasteiger charge is 2.30. The zero-order valence-corrected chi connectivity index (χ0v) is 9.37. The molecular weight excluding hydrogens is 207 g/mol. The van der Waals surface area contributed by atoms with E-state index >= 15 is 0 Å². The lowest BCUT2D eigenvalue weighted by atomic mass is 10.2. The molecule has 0 saturated carbocycles. The van der Waals surface area contributed by atoms with Gasteiger partial charge in [0.15, 0.2) is 0 Å². The molecule has 0 fully saturated rings. The van der Waals surface area contributed by atoms with Gasteiger partial charge in [-0.05, 0) is 13.3 Å². The molecule has 14 heavy (non-hydrogen) atoms. The number of hydrogen-bond donors (Lipinski definition) is 2. The second kappa shape index (κ2) is 6.17. The molecule has 0 aliphatic rings. The predicted octanol–water partition coefficient (Wildman–Crippen LogP) is 1.29. The average molecular weight is 224 g/mol. The van der Waals surface area contributed by atoms with Gasteiger partial charge in [-0.1, -0.05) is 13.3 Å². The highest BCUT2D eigenvalue weighted by molar-refractivity contribution is 7.52. The summed E-state index contributed by atoms with van der Waals surface area (Å²) < 4.78 is 15.6. The van der Waals surface area contributed by atoms with E-state index in [4.69, 9.17) is 9.79 Å². The van der Waals surface area contributed by atoms with E-state index in [1.807, 2.05) is 6.92 Å². The second-order valence-corrected chi connectivity index (χ2v) is 4.95. The molecule has 0 amide bonds. The summed E-state index contributed by atoms with van der Waals surface area (Å²) in [5.74, 6) is -0.547. The van der Waals surface area contributed by atoms with Gasteiger partial charge in [-0.15, -0.1) is 0 Å². The Hall–Kier alpha value is -0.380. The van der Waals surface area contributed by atoms with E-state index in [0.717, 1.165) is 0 Å². The Morgan fingerprint density at radius 3 is 2.36 bits per heavy atom. The number of carbonyl (C=O) groups excluding carboxylic acids is 1. The molecule has 0 heterocycles. The maximum absolute atomic E-state index is 11.0. The van der Waals surface area contributed by atoms with Gasteiger partial charge in [-0.25, -0.2) is 0 Å². The van der Waals surface area contributed by atoms with Crippen LogP contribution in [0.4, 0.5) is 0 Å². The van der Waals surface area contributed by atoms with Gasteiger partial charge in [0.1, 0.15) is 0 Å². The highest BCUT2D eigenvalue weighted by atomic mass is 31.2. The lowest BCUT2D eigenvalue weighted by molar-refractivity contribution is -0.143. The van der Waals surface area contributed by atoms with E-state index in [0.29, 0.717) is 12.8 Å². The fraction of sp³-hybridized carbons (Fsp3) is 0.875. The van der Waals surface area contributed by atoms with E-state index in [-0.39, 0.29) is 13.0 Å². The molecule has 0 rings (SSSR count). The van der Waals surface area contributed by atoms with Crippen molar-refractivity contribution in [2.75, 3.05) is 6.61 Å². The normalized spacial score (nSPS) is 13.7. The van der Waals surface area contributed by atoms with E-state index < -0.39 is 19.2 Å². The lowest BCUT2D eigenvalue weighted by Crippen LogP contribution is -2.16. The topological polar surface area (TPSA) is 83.8 Å². The van der Waals surface area contributed by atoms with Crippen LogP contribution in [0.2, 0.25) is 0 Å². The first-order valence-corrected chi connectivity index (χ1v) is 6.30. The fourth-order valence-corrected chi connectivity index (χ4v) is 2.12. The van der Waals surface area contributed by atoms with Crippen LogP contribution < -0.4 is 0 Å². The Kier molecular flexibility index (Phi) is 6.00. The van der Waals surface area contributed by atoms with E-state index in [2.05, 4.69) is 4.74 Å². The minimum atomic E-state index is -4.17. The number of carbonyl (C=O) groups is 1. The van der Waals surface area contributed by atoms with Crippen molar-refractivity contribution < 1.29 is 23.9 Å². The Labute approximate surface area is 83.6 Å². The Bertz CT molecular complexity index is 222. The summed E-state index contributed by atoms with van der Waals surface area (Å²) in [4.78, 5) is 28.9. The number of rotatable bonds is 6. The van der Waals surface area contributed by atoms with Gasteiger partial charge in [0.05, 0.1) is 18.7 Å².